The predicted molar refractivity (Wildman–Crippen MR) is 58.6 cm³/mol. The number of nitrogens with zero attached hydrogens (tertiary/aromatic N) is 1. The third kappa shape index (κ3) is 4.44. The molecule has 0 aromatic rings. The molecule has 1 heterocycles. The molecular weight excluding hydrogens is 212 g/mol. The van der Waals surface area contributed by atoms with Crippen molar-refractivity contribution in [3.63, 3.8) is 0 Å². The number of aliphatic carboxylic acids is 1. The largest absolute Gasteiger partial charge is 0.480 e. The highest BCUT2D eigenvalue weighted by molar-refractivity contribution is 5.73. The van der Waals surface area contributed by atoms with Crippen molar-refractivity contribution in [2.75, 3.05) is 53.1 Å². The molecule has 1 rings (SSSR count). The van der Waals surface area contributed by atoms with Crippen LogP contribution in [-0.4, -0.2) is 75.1 Å². The molecule has 2 N–H and O–H groups in total. The minimum Gasteiger partial charge on any atom is -0.480 e. The Kier molecular flexibility index (Phi) is 6.32. The topological polar surface area (TPSA) is 71.0 Å². The van der Waals surface area contributed by atoms with E-state index in [1.54, 1.807) is 7.11 Å². The van der Waals surface area contributed by atoms with E-state index >= 15 is 0 Å². The van der Waals surface area contributed by atoms with Gasteiger partial charge in [0.05, 0.1) is 19.8 Å². The van der Waals surface area contributed by atoms with Crippen LogP contribution in [0.1, 0.15) is 0 Å². The molecule has 1 saturated heterocycles. The Morgan fingerprint density at radius 2 is 2.31 bits per heavy atom. The van der Waals surface area contributed by atoms with Crippen molar-refractivity contribution in [1.29, 1.82) is 0 Å². The molecular formula is C10H20N2O4. The van der Waals surface area contributed by atoms with E-state index in [4.69, 9.17) is 14.6 Å². The third-order valence-corrected chi connectivity index (χ3v) is 2.59. The number of methoxy groups -OCH3 is 1. The standard InChI is InChI=1S/C10H20N2O4/c1-15-6-7-16-5-4-12-3-2-11-8-9(12)10(13)14/h9,11H,2-8H2,1H3,(H,13,14). The van der Waals surface area contributed by atoms with Gasteiger partial charge in [-0.15, -0.1) is 0 Å². The lowest BCUT2D eigenvalue weighted by Crippen LogP contribution is -2.55. The van der Waals surface area contributed by atoms with E-state index in [2.05, 4.69) is 5.32 Å². The number of hydrogen-bond donors (Lipinski definition) is 2. The van der Waals surface area contributed by atoms with Crippen LogP contribution < -0.4 is 5.32 Å². The van der Waals surface area contributed by atoms with Crippen molar-refractivity contribution in [3.8, 4) is 0 Å². The maximum absolute atomic E-state index is 11.0. The van der Waals surface area contributed by atoms with Crippen LogP contribution in [0, 0.1) is 0 Å². The third-order valence-electron chi connectivity index (χ3n) is 2.59. The van der Waals surface area contributed by atoms with Crippen LogP contribution in [0.4, 0.5) is 0 Å². The fourth-order valence-corrected chi connectivity index (χ4v) is 1.68. The molecule has 1 aliphatic heterocycles. The smallest absolute Gasteiger partial charge is 0.322 e. The summed E-state index contributed by atoms with van der Waals surface area (Å²) in [5.41, 5.74) is 0. The summed E-state index contributed by atoms with van der Waals surface area (Å²) in [5.74, 6) is -0.774. The van der Waals surface area contributed by atoms with Gasteiger partial charge < -0.3 is 19.9 Å². The highest BCUT2D eigenvalue weighted by Crippen LogP contribution is 2.02. The van der Waals surface area contributed by atoms with E-state index in [1.807, 2.05) is 4.90 Å². The van der Waals surface area contributed by atoms with Crippen molar-refractivity contribution >= 4 is 5.97 Å². The van der Waals surface area contributed by atoms with Crippen molar-refractivity contribution in [2.45, 2.75) is 6.04 Å². The molecule has 6 heteroatoms. The Bertz CT molecular complexity index is 213. The van der Waals surface area contributed by atoms with Gasteiger partial charge in [0.2, 0.25) is 0 Å². The second-order valence-corrected chi connectivity index (χ2v) is 3.70. The Morgan fingerprint density at radius 3 is 3.00 bits per heavy atom. The van der Waals surface area contributed by atoms with Crippen molar-refractivity contribution < 1.29 is 19.4 Å². The van der Waals surface area contributed by atoms with Gasteiger partial charge in [0.25, 0.3) is 0 Å². The first-order valence-electron chi connectivity index (χ1n) is 5.50. The molecule has 6 nitrogen and oxygen atoms in total. The Labute approximate surface area is 95.5 Å². The molecule has 0 spiro atoms. The summed E-state index contributed by atoms with van der Waals surface area (Å²) in [7, 11) is 1.63. The summed E-state index contributed by atoms with van der Waals surface area (Å²) in [6.45, 7) is 4.43. The summed E-state index contributed by atoms with van der Waals surface area (Å²) >= 11 is 0. The molecule has 94 valence electrons. The molecule has 0 amide bonds. The molecule has 1 aliphatic rings. The van der Waals surface area contributed by atoms with E-state index in [9.17, 15) is 4.79 Å². The Hall–Kier alpha value is -0.690. The second kappa shape index (κ2) is 7.56. The average Bonchev–Trinajstić information content (AvgIpc) is 2.29. The van der Waals surface area contributed by atoms with Crippen molar-refractivity contribution in [2.24, 2.45) is 0 Å². The summed E-state index contributed by atoms with van der Waals surface area (Å²) in [6, 6.07) is -0.431. The number of carboxylic acid groups (broad SMARTS) is 1. The fraction of sp³-hybridized carbons (Fsp3) is 0.900. The van der Waals surface area contributed by atoms with Crippen LogP contribution in [0.2, 0.25) is 0 Å². The molecule has 0 aromatic heterocycles. The first kappa shape index (κ1) is 13.4. The minimum atomic E-state index is -0.774. The number of nitrogens with one attached hydrogen (secondary N) is 1. The van der Waals surface area contributed by atoms with Gasteiger partial charge in [0.1, 0.15) is 6.04 Å². The SMILES string of the molecule is COCCOCCN1CCNCC1C(=O)O. The van der Waals surface area contributed by atoms with Gasteiger partial charge >= 0.3 is 5.97 Å². The molecule has 0 saturated carbocycles. The molecule has 16 heavy (non-hydrogen) atoms. The van der Waals surface area contributed by atoms with Gasteiger partial charge in [-0.2, -0.15) is 0 Å². The lowest BCUT2D eigenvalue weighted by atomic mass is 10.2. The first-order valence-corrected chi connectivity index (χ1v) is 5.50. The van der Waals surface area contributed by atoms with Gasteiger partial charge in [0.15, 0.2) is 0 Å². The molecule has 1 fully saturated rings. The predicted octanol–water partition coefficient (Wildman–Crippen LogP) is -0.992. The van der Waals surface area contributed by atoms with Gasteiger partial charge in [-0.05, 0) is 0 Å². The zero-order chi connectivity index (χ0) is 11.8. The Morgan fingerprint density at radius 1 is 1.50 bits per heavy atom. The van der Waals surface area contributed by atoms with Crippen LogP contribution >= 0.6 is 0 Å². The van der Waals surface area contributed by atoms with Crippen LogP contribution in [0.15, 0.2) is 0 Å². The summed E-state index contributed by atoms with van der Waals surface area (Å²) < 4.78 is 10.2. The zero-order valence-corrected chi connectivity index (χ0v) is 9.65. The summed E-state index contributed by atoms with van der Waals surface area (Å²) in [6.07, 6.45) is 0. The molecule has 0 aromatic carbocycles. The highest BCUT2D eigenvalue weighted by Gasteiger charge is 2.27. The lowest BCUT2D eigenvalue weighted by Gasteiger charge is -2.33. The summed E-state index contributed by atoms with van der Waals surface area (Å²) in [4.78, 5) is 12.9. The maximum atomic E-state index is 11.0. The number of hydrogen-bond acceptors (Lipinski definition) is 5. The molecule has 1 atom stereocenters. The van der Waals surface area contributed by atoms with E-state index in [0.29, 0.717) is 32.9 Å². The quantitative estimate of drug-likeness (QED) is 0.549. The van der Waals surface area contributed by atoms with E-state index in [1.165, 1.54) is 0 Å². The number of carbonyl (C=O) groups is 1. The Balaban J connectivity index is 2.19. The number of piperazine rings is 1. The van der Waals surface area contributed by atoms with Crippen LogP contribution in [0.5, 0.6) is 0 Å². The van der Waals surface area contributed by atoms with Gasteiger partial charge in [-0.25, -0.2) is 0 Å². The van der Waals surface area contributed by atoms with Crippen molar-refractivity contribution in [3.05, 3.63) is 0 Å². The highest BCUT2D eigenvalue weighted by atomic mass is 16.5. The lowest BCUT2D eigenvalue weighted by molar-refractivity contribution is -0.144. The van der Waals surface area contributed by atoms with Crippen LogP contribution in [0.3, 0.4) is 0 Å². The van der Waals surface area contributed by atoms with Crippen LogP contribution in [0.25, 0.3) is 0 Å². The number of carboxylic acids is 1. The summed E-state index contributed by atoms with van der Waals surface area (Å²) in [5, 5.41) is 12.1. The number of ether oxygens (including phenoxy) is 2. The first-order chi connectivity index (χ1) is 7.75. The van der Waals surface area contributed by atoms with Gasteiger partial charge in [-0.3, -0.25) is 9.69 Å². The second-order valence-electron chi connectivity index (χ2n) is 3.70. The van der Waals surface area contributed by atoms with Crippen molar-refractivity contribution in [1.82, 2.24) is 10.2 Å². The molecule has 1 unspecified atom stereocenters. The molecule has 0 aliphatic carbocycles. The monoisotopic (exact) mass is 232 g/mol. The van der Waals surface area contributed by atoms with E-state index in [0.717, 1.165) is 13.1 Å². The molecule has 0 bridgehead atoms. The van der Waals surface area contributed by atoms with Crippen LogP contribution in [-0.2, 0) is 14.3 Å². The van der Waals surface area contributed by atoms with Gasteiger partial charge in [-0.1, -0.05) is 0 Å². The fourth-order valence-electron chi connectivity index (χ4n) is 1.68. The number of rotatable bonds is 7. The average molecular weight is 232 g/mol. The van der Waals surface area contributed by atoms with Gasteiger partial charge in [0, 0.05) is 33.3 Å². The van der Waals surface area contributed by atoms with E-state index < -0.39 is 12.0 Å². The molecule has 0 radical (unpaired) electrons. The minimum absolute atomic E-state index is 0.431. The zero-order valence-electron chi connectivity index (χ0n) is 9.65. The normalized spacial score (nSPS) is 22.2. The maximum Gasteiger partial charge on any atom is 0.322 e. The van der Waals surface area contributed by atoms with E-state index in [-0.39, 0.29) is 0 Å².